The summed E-state index contributed by atoms with van der Waals surface area (Å²) in [4.78, 5) is 9.25. The number of anilines is 2. The van der Waals surface area contributed by atoms with Crippen LogP contribution in [0.1, 0.15) is 24.5 Å². The number of methoxy groups -OCH3 is 1. The molecule has 1 saturated heterocycles. The number of ether oxygens (including phenoxy) is 1. The molecule has 1 aliphatic heterocycles. The third-order valence-corrected chi connectivity index (χ3v) is 5.12. The van der Waals surface area contributed by atoms with Gasteiger partial charge in [-0.3, -0.25) is 0 Å². The molecule has 1 aromatic carbocycles. The van der Waals surface area contributed by atoms with E-state index in [1.165, 1.54) is 12.8 Å². The number of piperidine rings is 1. The number of rotatable bonds is 4. The Morgan fingerprint density at radius 3 is 3.04 bits per heavy atom. The molecule has 1 unspecified atom stereocenters. The highest BCUT2D eigenvalue weighted by Crippen LogP contribution is 2.32. The van der Waals surface area contributed by atoms with E-state index >= 15 is 0 Å². The van der Waals surface area contributed by atoms with Crippen molar-refractivity contribution in [1.82, 2.24) is 15.3 Å². The lowest BCUT2D eigenvalue weighted by molar-refractivity contribution is 0.415. The molecular weight excluding hydrogens is 320 g/mol. The Kier molecular flexibility index (Phi) is 4.32. The van der Waals surface area contributed by atoms with E-state index in [1.807, 2.05) is 11.4 Å². The molecule has 124 valence electrons. The maximum Gasteiger partial charge on any atom is 0.188 e. The predicted octanol–water partition coefficient (Wildman–Crippen LogP) is 3.91. The van der Waals surface area contributed by atoms with Crippen molar-refractivity contribution in [3.63, 3.8) is 0 Å². The van der Waals surface area contributed by atoms with Crippen molar-refractivity contribution in [3.8, 4) is 5.75 Å². The minimum atomic E-state index is 0.450. The third kappa shape index (κ3) is 3.07. The van der Waals surface area contributed by atoms with E-state index in [-0.39, 0.29) is 0 Å². The number of thiazole rings is 1. The molecule has 24 heavy (non-hydrogen) atoms. The molecular formula is C18H20N4OS. The second kappa shape index (κ2) is 6.75. The van der Waals surface area contributed by atoms with E-state index in [1.54, 1.807) is 24.6 Å². The Hall–Kier alpha value is -2.18. The molecule has 3 heterocycles. The molecule has 0 radical (unpaired) electrons. The average Bonchev–Trinajstić information content (AvgIpc) is 3.15. The zero-order valence-corrected chi connectivity index (χ0v) is 14.4. The number of hydrogen-bond donors (Lipinski definition) is 2. The minimum absolute atomic E-state index is 0.450. The molecule has 3 aromatic rings. The first-order valence-electron chi connectivity index (χ1n) is 8.19. The molecule has 6 heteroatoms. The summed E-state index contributed by atoms with van der Waals surface area (Å²) in [6, 6.07) is 8.30. The van der Waals surface area contributed by atoms with Crippen LogP contribution >= 0.6 is 11.3 Å². The van der Waals surface area contributed by atoms with Crippen molar-refractivity contribution < 1.29 is 4.74 Å². The quantitative estimate of drug-likeness (QED) is 0.754. The summed E-state index contributed by atoms with van der Waals surface area (Å²) in [7, 11) is 1.70. The fourth-order valence-corrected chi connectivity index (χ4v) is 3.71. The van der Waals surface area contributed by atoms with Crippen LogP contribution in [-0.2, 0) is 0 Å². The second-order valence-corrected chi connectivity index (χ2v) is 6.88. The molecule has 0 spiro atoms. The van der Waals surface area contributed by atoms with Gasteiger partial charge in [-0.05, 0) is 49.0 Å². The van der Waals surface area contributed by atoms with Gasteiger partial charge in [0.05, 0.1) is 7.11 Å². The summed E-state index contributed by atoms with van der Waals surface area (Å²) in [6.45, 7) is 2.08. The van der Waals surface area contributed by atoms with Gasteiger partial charge in [-0.15, -0.1) is 11.3 Å². The maximum absolute atomic E-state index is 5.39. The molecule has 2 N–H and O–H groups in total. The second-order valence-electron chi connectivity index (χ2n) is 5.99. The Morgan fingerprint density at radius 2 is 2.29 bits per heavy atom. The smallest absolute Gasteiger partial charge is 0.188 e. The molecule has 1 fully saturated rings. The van der Waals surface area contributed by atoms with Gasteiger partial charge in [-0.2, -0.15) is 0 Å². The monoisotopic (exact) mass is 340 g/mol. The standard InChI is InChI=1S/C18H20N4OS/c1-23-14-4-5-15-13(9-14)10-16(12-3-2-6-19-11-12)21-17(15)22-18-20-7-8-24-18/h4-5,7-10,12,19H,2-3,6,11H2,1H3,(H,20,21,22). The van der Waals surface area contributed by atoms with Crippen molar-refractivity contribution in [3.05, 3.63) is 41.5 Å². The summed E-state index contributed by atoms with van der Waals surface area (Å²) < 4.78 is 5.39. The zero-order valence-electron chi connectivity index (χ0n) is 13.6. The summed E-state index contributed by atoms with van der Waals surface area (Å²) >= 11 is 1.58. The van der Waals surface area contributed by atoms with Gasteiger partial charge >= 0.3 is 0 Å². The summed E-state index contributed by atoms with van der Waals surface area (Å²) in [5.41, 5.74) is 1.13. The Bertz CT molecular complexity index is 828. The molecule has 0 saturated carbocycles. The van der Waals surface area contributed by atoms with E-state index in [9.17, 15) is 0 Å². The molecule has 1 aliphatic rings. The number of fused-ring (bicyclic) bond motifs is 1. The van der Waals surface area contributed by atoms with Gasteiger partial charge in [-0.25, -0.2) is 9.97 Å². The molecule has 1 atom stereocenters. The van der Waals surface area contributed by atoms with Crippen LogP contribution in [0.2, 0.25) is 0 Å². The lowest BCUT2D eigenvalue weighted by atomic mass is 9.94. The van der Waals surface area contributed by atoms with Crippen LogP contribution in [0.5, 0.6) is 5.75 Å². The third-order valence-electron chi connectivity index (χ3n) is 4.43. The summed E-state index contributed by atoms with van der Waals surface area (Å²) in [5, 5.41) is 11.9. The number of pyridine rings is 1. The summed E-state index contributed by atoms with van der Waals surface area (Å²) in [6.07, 6.45) is 4.16. The molecule has 0 bridgehead atoms. The molecule has 2 aromatic heterocycles. The van der Waals surface area contributed by atoms with Crippen molar-refractivity contribution in [1.29, 1.82) is 0 Å². The topological polar surface area (TPSA) is 59.1 Å². The van der Waals surface area contributed by atoms with Crippen LogP contribution in [0.25, 0.3) is 10.8 Å². The molecule has 5 nitrogen and oxygen atoms in total. The van der Waals surface area contributed by atoms with Gasteiger partial charge in [0.2, 0.25) is 0 Å². The average molecular weight is 340 g/mol. The molecule has 0 amide bonds. The van der Waals surface area contributed by atoms with E-state index in [0.29, 0.717) is 5.92 Å². The van der Waals surface area contributed by atoms with Gasteiger partial charge in [0.15, 0.2) is 5.13 Å². The largest absolute Gasteiger partial charge is 0.497 e. The molecule has 0 aliphatic carbocycles. The normalized spacial score (nSPS) is 17.8. The van der Waals surface area contributed by atoms with E-state index in [4.69, 9.17) is 9.72 Å². The Labute approximate surface area is 145 Å². The first-order valence-corrected chi connectivity index (χ1v) is 9.07. The number of hydrogen-bond acceptors (Lipinski definition) is 6. The number of aromatic nitrogens is 2. The van der Waals surface area contributed by atoms with Crippen LogP contribution in [0.4, 0.5) is 10.9 Å². The summed E-state index contributed by atoms with van der Waals surface area (Å²) in [5.74, 6) is 2.18. The number of benzene rings is 1. The van der Waals surface area contributed by atoms with Gasteiger partial charge < -0.3 is 15.4 Å². The highest BCUT2D eigenvalue weighted by atomic mass is 32.1. The highest BCUT2D eigenvalue weighted by molar-refractivity contribution is 7.13. The van der Waals surface area contributed by atoms with Crippen LogP contribution in [0, 0.1) is 0 Å². The van der Waals surface area contributed by atoms with Crippen molar-refractivity contribution in [2.75, 3.05) is 25.5 Å². The van der Waals surface area contributed by atoms with Crippen LogP contribution in [-0.4, -0.2) is 30.2 Å². The fraction of sp³-hybridized carbons (Fsp3) is 0.333. The Balaban J connectivity index is 1.80. The van der Waals surface area contributed by atoms with Crippen LogP contribution < -0.4 is 15.4 Å². The molecule has 4 rings (SSSR count). The van der Waals surface area contributed by atoms with Crippen molar-refractivity contribution in [2.24, 2.45) is 0 Å². The maximum atomic E-state index is 5.39. The zero-order chi connectivity index (χ0) is 16.4. The van der Waals surface area contributed by atoms with E-state index < -0.39 is 0 Å². The van der Waals surface area contributed by atoms with Gasteiger partial charge in [0.1, 0.15) is 11.6 Å². The number of nitrogens with one attached hydrogen (secondary N) is 2. The predicted molar refractivity (Wildman–Crippen MR) is 98.5 cm³/mol. The number of nitrogens with zero attached hydrogens (tertiary/aromatic N) is 2. The van der Waals surface area contributed by atoms with Gasteiger partial charge in [0, 0.05) is 35.1 Å². The lowest BCUT2D eigenvalue weighted by Gasteiger charge is -2.23. The van der Waals surface area contributed by atoms with E-state index in [2.05, 4.69) is 33.8 Å². The first-order chi connectivity index (χ1) is 11.8. The van der Waals surface area contributed by atoms with Crippen molar-refractivity contribution in [2.45, 2.75) is 18.8 Å². The fourth-order valence-electron chi connectivity index (χ4n) is 3.18. The minimum Gasteiger partial charge on any atom is -0.497 e. The van der Waals surface area contributed by atoms with Crippen LogP contribution in [0.3, 0.4) is 0 Å². The van der Waals surface area contributed by atoms with E-state index in [0.717, 1.165) is 46.3 Å². The lowest BCUT2D eigenvalue weighted by Crippen LogP contribution is -2.28. The highest BCUT2D eigenvalue weighted by Gasteiger charge is 2.19. The Morgan fingerprint density at radius 1 is 1.33 bits per heavy atom. The van der Waals surface area contributed by atoms with Gasteiger partial charge in [0.25, 0.3) is 0 Å². The SMILES string of the molecule is COc1ccc2c(Nc3nccs3)nc(C3CCCNC3)cc2c1. The van der Waals surface area contributed by atoms with Crippen LogP contribution in [0.15, 0.2) is 35.8 Å². The first kappa shape index (κ1) is 15.4. The van der Waals surface area contributed by atoms with Gasteiger partial charge in [-0.1, -0.05) is 0 Å². The van der Waals surface area contributed by atoms with Crippen molar-refractivity contribution >= 4 is 33.1 Å².